The van der Waals surface area contributed by atoms with Crippen molar-refractivity contribution in [3.8, 4) is 0 Å². The predicted molar refractivity (Wildman–Crippen MR) is 74.4 cm³/mol. The first-order valence-corrected chi connectivity index (χ1v) is 6.31. The van der Waals surface area contributed by atoms with Gasteiger partial charge in [-0.15, -0.1) is 0 Å². The molecule has 0 aromatic heterocycles. The second-order valence-electron chi connectivity index (χ2n) is 4.62. The molecule has 1 aromatic rings. The summed E-state index contributed by atoms with van der Waals surface area (Å²) >= 11 is 0. The van der Waals surface area contributed by atoms with Crippen LogP contribution in [0.3, 0.4) is 0 Å². The van der Waals surface area contributed by atoms with Gasteiger partial charge in [0, 0.05) is 24.5 Å². The molecule has 0 saturated heterocycles. The van der Waals surface area contributed by atoms with Crippen LogP contribution in [0.15, 0.2) is 18.2 Å². The normalized spacial score (nSPS) is 10.8. The minimum Gasteiger partial charge on any atom is -0.398 e. The van der Waals surface area contributed by atoms with Gasteiger partial charge in [0.05, 0.1) is 6.10 Å². The van der Waals surface area contributed by atoms with E-state index in [9.17, 15) is 0 Å². The van der Waals surface area contributed by atoms with Crippen molar-refractivity contribution in [2.24, 2.45) is 0 Å². The molecule has 0 aliphatic heterocycles. The first-order valence-electron chi connectivity index (χ1n) is 6.31. The molecule has 96 valence electrons. The molecule has 0 amide bonds. The summed E-state index contributed by atoms with van der Waals surface area (Å²) in [6.45, 7) is 7.95. The van der Waals surface area contributed by atoms with Crippen molar-refractivity contribution < 1.29 is 4.74 Å². The maximum absolute atomic E-state index is 5.85. The fourth-order valence-corrected chi connectivity index (χ4v) is 1.53. The highest BCUT2D eigenvalue weighted by Gasteiger charge is 1.97. The molecule has 0 fully saturated rings. The van der Waals surface area contributed by atoms with Crippen molar-refractivity contribution in [2.45, 2.75) is 39.7 Å². The summed E-state index contributed by atoms with van der Waals surface area (Å²) in [6.07, 6.45) is 2.53. The molecule has 3 heteroatoms. The molecular weight excluding hydrogens is 212 g/mol. The van der Waals surface area contributed by atoms with E-state index in [1.54, 1.807) is 0 Å². The van der Waals surface area contributed by atoms with Gasteiger partial charge in [-0.25, -0.2) is 0 Å². The third kappa shape index (κ3) is 5.59. The molecule has 0 unspecified atom stereocenters. The van der Waals surface area contributed by atoms with Crippen LogP contribution in [0.4, 0.5) is 11.4 Å². The lowest BCUT2D eigenvalue weighted by Crippen LogP contribution is -2.07. The van der Waals surface area contributed by atoms with Crippen molar-refractivity contribution in [1.29, 1.82) is 0 Å². The van der Waals surface area contributed by atoms with E-state index in [0.717, 1.165) is 42.9 Å². The average molecular weight is 236 g/mol. The van der Waals surface area contributed by atoms with Gasteiger partial charge in [-0.2, -0.15) is 0 Å². The van der Waals surface area contributed by atoms with E-state index in [4.69, 9.17) is 10.5 Å². The third-order valence-electron chi connectivity index (χ3n) is 2.63. The first-order chi connectivity index (χ1) is 8.09. The van der Waals surface area contributed by atoms with Gasteiger partial charge in [-0.1, -0.05) is 6.07 Å². The van der Waals surface area contributed by atoms with E-state index < -0.39 is 0 Å². The molecule has 0 aliphatic carbocycles. The lowest BCUT2D eigenvalue weighted by atomic mass is 10.2. The highest BCUT2D eigenvalue weighted by molar-refractivity contribution is 5.58. The number of anilines is 2. The molecule has 0 aliphatic rings. The Morgan fingerprint density at radius 3 is 2.71 bits per heavy atom. The summed E-state index contributed by atoms with van der Waals surface area (Å²) in [5, 5.41) is 3.37. The van der Waals surface area contributed by atoms with Crippen LogP contribution >= 0.6 is 0 Å². The number of nitrogens with one attached hydrogen (secondary N) is 1. The molecule has 0 radical (unpaired) electrons. The maximum atomic E-state index is 5.85. The van der Waals surface area contributed by atoms with E-state index in [1.807, 2.05) is 19.1 Å². The van der Waals surface area contributed by atoms with E-state index in [-0.39, 0.29) is 0 Å². The van der Waals surface area contributed by atoms with Crippen LogP contribution in [0.25, 0.3) is 0 Å². The minimum absolute atomic E-state index is 0.333. The van der Waals surface area contributed by atoms with Gasteiger partial charge in [0.1, 0.15) is 0 Å². The van der Waals surface area contributed by atoms with Gasteiger partial charge in [0.25, 0.3) is 0 Å². The number of hydrogen-bond acceptors (Lipinski definition) is 3. The third-order valence-corrected chi connectivity index (χ3v) is 2.63. The number of benzene rings is 1. The second kappa shape index (κ2) is 7.17. The lowest BCUT2D eigenvalue weighted by molar-refractivity contribution is 0.0765. The van der Waals surface area contributed by atoms with E-state index >= 15 is 0 Å². The Bertz CT molecular complexity index is 337. The monoisotopic (exact) mass is 236 g/mol. The standard InChI is InChI=1S/C14H24N2O/c1-11(2)17-9-5-4-8-16-13-7-6-12(3)14(15)10-13/h6-7,10-11,16H,4-5,8-9,15H2,1-3H3. The second-order valence-corrected chi connectivity index (χ2v) is 4.62. The number of nitrogens with two attached hydrogens (primary N) is 1. The lowest BCUT2D eigenvalue weighted by Gasteiger charge is -2.09. The molecule has 0 heterocycles. The van der Waals surface area contributed by atoms with Crippen LogP contribution in [0.5, 0.6) is 0 Å². The zero-order valence-corrected chi connectivity index (χ0v) is 11.1. The van der Waals surface area contributed by atoms with Gasteiger partial charge in [-0.05, 0) is 51.3 Å². The predicted octanol–water partition coefficient (Wildman–Crippen LogP) is 3.19. The highest BCUT2D eigenvalue weighted by Crippen LogP contribution is 2.16. The number of unbranched alkanes of at least 4 members (excludes halogenated alkanes) is 1. The summed E-state index contributed by atoms with van der Waals surface area (Å²) < 4.78 is 5.48. The van der Waals surface area contributed by atoms with Crippen LogP contribution in [0, 0.1) is 6.92 Å². The van der Waals surface area contributed by atoms with Gasteiger partial charge in [0.2, 0.25) is 0 Å². The average Bonchev–Trinajstić information content (AvgIpc) is 2.27. The van der Waals surface area contributed by atoms with Crippen molar-refractivity contribution in [3.63, 3.8) is 0 Å². The molecule has 0 saturated carbocycles. The van der Waals surface area contributed by atoms with E-state index in [0.29, 0.717) is 6.10 Å². The Hall–Kier alpha value is -1.22. The number of ether oxygens (including phenoxy) is 1. The molecule has 1 rings (SSSR count). The molecule has 3 N–H and O–H groups in total. The van der Waals surface area contributed by atoms with Gasteiger partial charge in [-0.3, -0.25) is 0 Å². The Morgan fingerprint density at radius 2 is 2.06 bits per heavy atom. The summed E-state index contributed by atoms with van der Waals surface area (Å²) in [5.74, 6) is 0. The maximum Gasteiger partial charge on any atom is 0.0518 e. The smallest absolute Gasteiger partial charge is 0.0518 e. The van der Waals surface area contributed by atoms with Crippen molar-refractivity contribution in [3.05, 3.63) is 23.8 Å². The van der Waals surface area contributed by atoms with Crippen LogP contribution in [0.2, 0.25) is 0 Å². The Morgan fingerprint density at radius 1 is 1.29 bits per heavy atom. The van der Waals surface area contributed by atoms with Gasteiger partial charge >= 0.3 is 0 Å². The minimum atomic E-state index is 0.333. The molecular formula is C14H24N2O. The molecule has 3 nitrogen and oxygen atoms in total. The van der Waals surface area contributed by atoms with Crippen LogP contribution in [0.1, 0.15) is 32.3 Å². The summed E-state index contributed by atoms with van der Waals surface area (Å²) in [7, 11) is 0. The van der Waals surface area contributed by atoms with Crippen molar-refractivity contribution in [1.82, 2.24) is 0 Å². The molecule has 17 heavy (non-hydrogen) atoms. The first kappa shape index (κ1) is 13.8. The highest BCUT2D eigenvalue weighted by atomic mass is 16.5. The zero-order valence-electron chi connectivity index (χ0n) is 11.1. The fraction of sp³-hybridized carbons (Fsp3) is 0.571. The number of aryl methyl sites for hydroxylation is 1. The van der Waals surface area contributed by atoms with E-state index in [2.05, 4.69) is 25.2 Å². The number of hydrogen-bond donors (Lipinski definition) is 2. The van der Waals surface area contributed by atoms with E-state index in [1.165, 1.54) is 0 Å². The quantitative estimate of drug-likeness (QED) is 0.564. The number of nitrogen functional groups attached to an aromatic ring is 1. The summed E-state index contributed by atoms with van der Waals surface area (Å²) in [6, 6.07) is 6.09. The van der Waals surface area contributed by atoms with Crippen molar-refractivity contribution in [2.75, 3.05) is 24.2 Å². The van der Waals surface area contributed by atoms with Crippen molar-refractivity contribution >= 4 is 11.4 Å². The summed E-state index contributed by atoms with van der Waals surface area (Å²) in [4.78, 5) is 0. The topological polar surface area (TPSA) is 47.3 Å². The zero-order chi connectivity index (χ0) is 12.7. The van der Waals surface area contributed by atoms with Gasteiger partial charge < -0.3 is 15.8 Å². The molecule has 0 atom stereocenters. The fourth-order valence-electron chi connectivity index (χ4n) is 1.53. The van der Waals surface area contributed by atoms with Crippen LogP contribution in [-0.2, 0) is 4.74 Å². The molecule has 0 spiro atoms. The largest absolute Gasteiger partial charge is 0.398 e. The Kier molecular flexibility index (Phi) is 5.84. The molecule has 0 bridgehead atoms. The van der Waals surface area contributed by atoms with Gasteiger partial charge in [0.15, 0.2) is 0 Å². The molecule has 1 aromatic carbocycles. The Labute approximate surface area is 104 Å². The number of rotatable bonds is 7. The van der Waals surface area contributed by atoms with Crippen LogP contribution in [-0.4, -0.2) is 19.3 Å². The SMILES string of the molecule is Cc1ccc(NCCCCOC(C)C)cc1N. The Balaban J connectivity index is 2.16. The van der Waals surface area contributed by atoms with Crippen LogP contribution < -0.4 is 11.1 Å². The summed E-state index contributed by atoms with van der Waals surface area (Å²) in [5.41, 5.74) is 8.91.